The summed E-state index contributed by atoms with van der Waals surface area (Å²) in [6, 6.07) is 0. The summed E-state index contributed by atoms with van der Waals surface area (Å²) in [6.45, 7) is 4.04. The zero-order valence-corrected chi connectivity index (χ0v) is 5.67. The zero-order valence-electron chi connectivity index (χ0n) is 5.67. The second-order valence-electron chi connectivity index (χ2n) is 3.00. The van der Waals surface area contributed by atoms with Gasteiger partial charge in [-0.15, -0.1) is 0 Å². The SMILES string of the molecule is C[C@@H]1COC2OCCC21. The summed E-state index contributed by atoms with van der Waals surface area (Å²) in [5, 5.41) is 0. The minimum atomic E-state index is 0.153. The normalized spacial score (nSPS) is 49.7. The third-order valence-electron chi connectivity index (χ3n) is 2.34. The molecule has 2 heteroatoms. The van der Waals surface area contributed by atoms with E-state index in [-0.39, 0.29) is 6.29 Å². The zero-order chi connectivity index (χ0) is 6.27. The van der Waals surface area contributed by atoms with Crippen LogP contribution < -0.4 is 0 Å². The first kappa shape index (κ1) is 5.69. The molecule has 0 amide bonds. The maximum atomic E-state index is 5.37. The quantitative estimate of drug-likeness (QED) is 0.485. The van der Waals surface area contributed by atoms with Crippen molar-refractivity contribution in [2.45, 2.75) is 19.6 Å². The van der Waals surface area contributed by atoms with E-state index in [0.717, 1.165) is 19.1 Å². The van der Waals surface area contributed by atoms with Crippen LogP contribution in [0.2, 0.25) is 0 Å². The second kappa shape index (κ2) is 1.96. The first-order valence-electron chi connectivity index (χ1n) is 3.61. The standard InChI is InChI=1S/C7H12O2/c1-5-4-9-7-6(5)2-3-8-7/h5-7H,2-4H2,1H3/t5-,6?,7?/m1/s1. The fraction of sp³-hybridized carbons (Fsp3) is 1.00. The lowest BCUT2D eigenvalue weighted by molar-refractivity contribution is -0.0905. The summed E-state index contributed by atoms with van der Waals surface area (Å²) in [6.07, 6.45) is 1.35. The molecule has 2 unspecified atom stereocenters. The van der Waals surface area contributed by atoms with Gasteiger partial charge in [-0.05, 0) is 12.3 Å². The van der Waals surface area contributed by atoms with E-state index in [9.17, 15) is 0 Å². The van der Waals surface area contributed by atoms with Gasteiger partial charge in [-0.1, -0.05) is 6.92 Å². The fourth-order valence-corrected chi connectivity index (χ4v) is 1.67. The van der Waals surface area contributed by atoms with Crippen molar-refractivity contribution >= 4 is 0 Å². The Kier molecular flexibility index (Phi) is 1.24. The lowest BCUT2D eigenvalue weighted by Gasteiger charge is -2.07. The molecule has 2 heterocycles. The van der Waals surface area contributed by atoms with Gasteiger partial charge in [0, 0.05) is 5.92 Å². The highest BCUT2D eigenvalue weighted by Crippen LogP contribution is 2.34. The topological polar surface area (TPSA) is 18.5 Å². The Hall–Kier alpha value is -0.0800. The van der Waals surface area contributed by atoms with Crippen molar-refractivity contribution in [3.05, 3.63) is 0 Å². The molecule has 2 saturated heterocycles. The monoisotopic (exact) mass is 128 g/mol. The van der Waals surface area contributed by atoms with Gasteiger partial charge >= 0.3 is 0 Å². The molecule has 0 bridgehead atoms. The summed E-state index contributed by atoms with van der Waals surface area (Å²) in [5.41, 5.74) is 0. The molecule has 0 aromatic carbocycles. The molecule has 0 aliphatic carbocycles. The molecule has 2 fully saturated rings. The van der Waals surface area contributed by atoms with E-state index < -0.39 is 0 Å². The van der Waals surface area contributed by atoms with E-state index in [2.05, 4.69) is 6.92 Å². The van der Waals surface area contributed by atoms with Crippen LogP contribution in [0.1, 0.15) is 13.3 Å². The molecule has 0 N–H and O–H groups in total. The molecular weight excluding hydrogens is 116 g/mol. The van der Waals surface area contributed by atoms with E-state index in [1.807, 2.05) is 0 Å². The minimum Gasteiger partial charge on any atom is -0.352 e. The van der Waals surface area contributed by atoms with Gasteiger partial charge in [0.25, 0.3) is 0 Å². The Morgan fingerprint density at radius 3 is 3.00 bits per heavy atom. The van der Waals surface area contributed by atoms with Crippen molar-refractivity contribution in [1.29, 1.82) is 0 Å². The molecule has 2 aliphatic rings. The van der Waals surface area contributed by atoms with Crippen LogP contribution in [0.5, 0.6) is 0 Å². The smallest absolute Gasteiger partial charge is 0.160 e. The molecule has 0 aromatic rings. The van der Waals surface area contributed by atoms with Gasteiger partial charge < -0.3 is 9.47 Å². The maximum Gasteiger partial charge on any atom is 0.160 e. The van der Waals surface area contributed by atoms with Gasteiger partial charge in [0.1, 0.15) is 0 Å². The van der Waals surface area contributed by atoms with Gasteiger partial charge in [0.05, 0.1) is 13.2 Å². The molecule has 2 aliphatic heterocycles. The van der Waals surface area contributed by atoms with Gasteiger partial charge in [0.2, 0.25) is 0 Å². The maximum absolute atomic E-state index is 5.37. The Bertz CT molecular complexity index is 113. The molecule has 2 rings (SSSR count). The van der Waals surface area contributed by atoms with Crippen LogP contribution in [-0.2, 0) is 9.47 Å². The van der Waals surface area contributed by atoms with Crippen molar-refractivity contribution in [1.82, 2.24) is 0 Å². The minimum absolute atomic E-state index is 0.153. The molecule has 0 saturated carbocycles. The molecule has 52 valence electrons. The summed E-state index contributed by atoms with van der Waals surface area (Å²) in [5.74, 6) is 1.42. The van der Waals surface area contributed by atoms with Crippen molar-refractivity contribution in [2.24, 2.45) is 11.8 Å². The highest BCUT2D eigenvalue weighted by atomic mass is 16.7. The predicted octanol–water partition coefficient (Wildman–Crippen LogP) is 1.02. The van der Waals surface area contributed by atoms with Crippen LogP contribution in [0.25, 0.3) is 0 Å². The van der Waals surface area contributed by atoms with Gasteiger partial charge in [0.15, 0.2) is 6.29 Å². The van der Waals surface area contributed by atoms with Gasteiger partial charge in [-0.2, -0.15) is 0 Å². The Morgan fingerprint density at radius 2 is 2.22 bits per heavy atom. The third kappa shape index (κ3) is 0.775. The Morgan fingerprint density at radius 1 is 1.33 bits per heavy atom. The Labute approximate surface area is 55.1 Å². The highest BCUT2D eigenvalue weighted by Gasteiger charge is 2.38. The first-order valence-corrected chi connectivity index (χ1v) is 3.61. The summed E-state index contributed by atoms with van der Waals surface area (Å²) < 4.78 is 10.7. The fourth-order valence-electron chi connectivity index (χ4n) is 1.67. The molecular formula is C7H12O2. The van der Waals surface area contributed by atoms with Crippen molar-refractivity contribution in [3.63, 3.8) is 0 Å². The van der Waals surface area contributed by atoms with E-state index in [4.69, 9.17) is 9.47 Å². The number of hydrogen-bond acceptors (Lipinski definition) is 2. The molecule has 3 atom stereocenters. The van der Waals surface area contributed by atoms with Crippen LogP contribution in [0.15, 0.2) is 0 Å². The highest BCUT2D eigenvalue weighted by molar-refractivity contribution is 4.79. The molecule has 0 radical (unpaired) electrons. The largest absolute Gasteiger partial charge is 0.352 e. The summed E-state index contributed by atoms with van der Waals surface area (Å²) >= 11 is 0. The molecule has 0 spiro atoms. The number of hydrogen-bond donors (Lipinski definition) is 0. The average Bonchev–Trinajstić information content (AvgIpc) is 2.35. The van der Waals surface area contributed by atoms with E-state index in [1.54, 1.807) is 0 Å². The van der Waals surface area contributed by atoms with Crippen LogP contribution >= 0.6 is 0 Å². The average molecular weight is 128 g/mol. The summed E-state index contributed by atoms with van der Waals surface area (Å²) in [4.78, 5) is 0. The predicted molar refractivity (Wildman–Crippen MR) is 33.0 cm³/mol. The molecule has 9 heavy (non-hydrogen) atoms. The molecule has 0 aromatic heterocycles. The van der Waals surface area contributed by atoms with Crippen LogP contribution in [0, 0.1) is 11.8 Å². The van der Waals surface area contributed by atoms with E-state index in [1.165, 1.54) is 6.42 Å². The van der Waals surface area contributed by atoms with Crippen LogP contribution in [0.3, 0.4) is 0 Å². The lowest BCUT2D eigenvalue weighted by atomic mass is 9.96. The van der Waals surface area contributed by atoms with E-state index in [0.29, 0.717) is 5.92 Å². The summed E-state index contributed by atoms with van der Waals surface area (Å²) in [7, 11) is 0. The Balaban J connectivity index is 2.07. The second-order valence-corrected chi connectivity index (χ2v) is 3.00. The third-order valence-corrected chi connectivity index (χ3v) is 2.34. The van der Waals surface area contributed by atoms with Crippen molar-refractivity contribution in [3.8, 4) is 0 Å². The van der Waals surface area contributed by atoms with E-state index >= 15 is 0 Å². The van der Waals surface area contributed by atoms with Crippen LogP contribution in [-0.4, -0.2) is 19.5 Å². The number of rotatable bonds is 0. The van der Waals surface area contributed by atoms with Crippen molar-refractivity contribution in [2.75, 3.05) is 13.2 Å². The molecule has 2 nitrogen and oxygen atoms in total. The first-order chi connectivity index (χ1) is 4.38. The van der Waals surface area contributed by atoms with Crippen LogP contribution in [0.4, 0.5) is 0 Å². The van der Waals surface area contributed by atoms with Gasteiger partial charge in [-0.3, -0.25) is 0 Å². The number of fused-ring (bicyclic) bond motifs is 1. The van der Waals surface area contributed by atoms with Crippen molar-refractivity contribution < 1.29 is 9.47 Å². The number of ether oxygens (including phenoxy) is 2. The van der Waals surface area contributed by atoms with Gasteiger partial charge in [-0.25, -0.2) is 0 Å². The lowest BCUT2D eigenvalue weighted by Crippen LogP contribution is -2.12.